The lowest BCUT2D eigenvalue weighted by atomic mass is 10.2. The molecular formula is C22H23F3N4. The Hall–Kier alpha value is -2.54. The van der Waals surface area contributed by atoms with Crippen LogP contribution in [0.15, 0.2) is 48.5 Å². The standard InChI is InChI=1S/C22H23F3N4/c23-22(24,25)17-7-9-18(10-8-17)29-20-4-2-1-3-19(20)21(26-29)28-13-11-27(12-14-28)15-16-5-6-16/h1-4,7-10,16H,5-6,11-15H2. The van der Waals surface area contributed by atoms with Crippen LogP contribution in [0, 0.1) is 5.92 Å². The Bertz CT molecular complexity index is 997. The second-order valence-electron chi connectivity index (χ2n) is 8.03. The minimum Gasteiger partial charge on any atom is -0.352 e. The molecule has 1 saturated carbocycles. The summed E-state index contributed by atoms with van der Waals surface area (Å²) in [7, 11) is 0. The average Bonchev–Trinajstić information content (AvgIpc) is 3.45. The van der Waals surface area contributed by atoms with Gasteiger partial charge in [0, 0.05) is 38.1 Å². The zero-order valence-corrected chi connectivity index (χ0v) is 16.1. The predicted octanol–water partition coefficient (Wildman–Crippen LogP) is 4.58. The number of alkyl halides is 3. The molecular weight excluding hydrogens is 377 g/mol. The fourth-order valence-corrected chi connectivity index (χ4v) is 4.08. The minimum absolute atomic E-state index is 0.632. The van der Waals surface area contributed by atoms with Crippen molar-refractivity contribution >= 4 is 16.7 Å². The molecule has 5 rings (SSSR count). The molecule has 0 N–H and O–H groups in total. The van der Waals surface area contributed by atoms with Gasteiger partial charge >= 0.3 is 6.18 Å². The van der Waals surface area contributed by atoms with Crippen molar-refractivity contribution in [3.8, 4) is 5.69 Å². The molecule has 1 aliphatic heterocycles. The quantitative estimate of drug-likeness (QED) is 0.641. The number of piperazine rings is 1. The monoisotopic (exact) mass is 400 g/mol. The summed E-state index contributed by atoms with van der Waals surface area (Å²) in [5.41, 5.74) is 0.889. The Labute approximate surface area is 167 Å². The maximum absolute atomic E-state index is 12.9. The molecule has 1 saturated heterocycles. The van der Waals surface area contributed by atoms with Gasteiger partial charge in [-0.1, -0.05) is 12.1 Å². The lowest BCUT2D eigenvalue weighted by Crippen LogP contribution is -2.47. The normalized spacial score (nSPS) is 18.5. The number of nitrogens with zero attached hydrogens (tertiary/aromatic N) is 4. The molecule has 0 radical (unpaired) electrons. The minimum atomic E-state index is -4.34. The van der Waals surface area contributed by atoms with Gasteiger partial charge < -0.3 is 4.90 Å². The SMILES string of the molecule is FC(F)(F)c1ccc(-n2nc(N3CCN(CC4CC4)CC3)c3ccccc32)cc1. The molecule has 29 heavy (non-hydrogen) atoms. The van der Waals surface area contributed by atoms with E-state index < -0.39 is 11.7 Å². The summed E-state index contributed by atoms with van der Waals surface area (Å²) >= 11 is 0. The number of anilines is 1. The molecule has 2 aliphatic rings. The second-order valence-corrected chi connectivity index (χ2v) is 8.03. The molecule has 4 nitrogen and oxygen atoms in total. The summed E-state index contributed by atoms with van der Waals surface area (Å²) < 4.78 is 40.5. The zero-order valence-electron chi connectivity index (χ0n) is 16.1. The van der Waals surface area contributed by atoms with E-state index in [1.54, 1.807) is 4.68 Å². The largest absolute Gasteiger partial charge is 0.416 e. The van der Waals surface area contributed by atoms with Gasteiger partial charge in [-0.3, -0.25) is 4.90 Å². The molecule has 7 heteroatoms. The lowest BCUT2D eigenvalue weighted by molar-refractivity contribution is -0.137. The number of rotatable bonds is 4. The van der Waals surface area contributed by atoms with Crippen LogP contribution >= 0.6 is 0 Å². The highest BCUT2D eigenvalue weighted by atomic mass is 19.4. The highest BCUT2D eigenvalue weighted by Gasteiger charge is 2.30. The van der Waals surface area contributed by atoms with Crippen LogP contribution in [0.5, 0.6) is 0 Å². The summed E-state index contributed by atoms with van der Waals surface area (Å²) in [4.78, 5) is 4.83. The van der Waals surface area contributed by atoms with E-state index in [4.69, 9.17) is 5.10 Å². The van der Waals surface area contributed by atoms with Crippen LogP contribution in [-0.4, -0.2) is 47.4 Å². The first-order valence-corrected chi connectivity index (χ1v) is 10.1. The van der Waals surface area contributed by atoms with Crippen molar-refractivity contribution in [3.05, 3.63) is 54.1 Å². The third-order valence-electron chi connectivity index (χ3n) is 5.89. The summed E-state index contributed by atoms with van der Waals surface area (Å²) in [6, 6.07) is 13.1. The number of aromatic nitrogens is 2. The first kappa shape index (κ1) is 18.5. The van der Waals surface area contributed by atoms with Crippen LogP contribution in [-0.2, 0) is 6.18 Å². The van der Waals surface area contributed by atoms with Gasteiger partial charge in [0.05, 0.1) is 16.8 Å². The topological polar surface area (TPSA) is 24.3 Å². The van der Waals surface area contributed by atoms with Crippen molar-refractivity contribution in [1.82, 2.24) is 14.7 Å². The third kappa shape index (κ3) is 3.71. The Balaban J connectivity index is 1.44. The molecule has 2 fully saturated rings. The summed E-state index contributed by atoms with van der Waals surface area (Å²) in [6.07, 6.45) is -1.61. The Morgan fingerprint density at radius 2 is 1.59 bits per heavy atom. The molecule has 152 valence electrons. The lowest BCUT2D eigenvalue weighted by Gasteiger charge is -2.35. The highest BCUT2D eigenvalue weighted by Crippen LogP contribution is 2.33. The van der Waals surface area contributed by atoms with E-state index in [2.05, 4.69) is 9.80 Å². The fraction of sp³-hybridized carbons (Fsp3) is 0.409. The van der Waals surface area contributed by atoms with Gasteiger partial charge in [-0.15, -0.1) is 5.10 Å². The Morgan fingerprint density at radius 3 is 2.24 bits per heavy atom. The Kier molecular flexibility index (Phi) is 4.50. The van der Waals surface area contributed by atoms with E-state index in [0.717, 1.165) is 61.0 Å². The maximum Gasteiger partial charge on any atom is 0.416 e. The van der Waals surface area contributed by atoms with Gasteiger partial charge in [0.15, 0.2) is 5.82 Å². The molecule has 0 unspecified atom stereocenters. The molecule has 0 bridgehead atoms. The zero-order chi connectivity index (χ0) is 20.0. The number of hydrogen-bond acceptors (Lipinski definition) is 3. The molecule has 0 atom stereocenters. The van der Waals surface area contributed by atoms with Crippen molar-refractivity contribution in [1.29, 1.82) is 0 Å². The molecule has 1 aromatic heterocycles. The van der Waals surface area contributed by atoms with E-state index >= 15 is 0 Å². The van der Waals surface area contributed by atoms with Gasteiger partial charge in [-0.2, -0.15) is 13.2 Å². The van der Waals surface area contributed by atoms with E-state index in [1.807, 2.05) is 24.3 Å². The van der Waals surface area contributed by atoms with Gasteiger partial charge in [0.25, 0.3) is 0 Å². The van der Waals surface area contributed by atoms with E-state index in [1.165, 1.54) is 31.5 Å². The van der Waals surface area contributed by atoms with Crippen LogP contribution in [0.1, 0.15) is 18.4 Å². The van der Waals surface area contributed by atoms with Crippen LogP contribution in [0.3, 0.4) is 0 Å². The number of hydrogen-bond donors (Lipinski definition) is 0. The number of para-hydroxylation sites is 1. The maximum atomic E-state index is 12.9. The van der Waals surface area contributed by atoms with Gasteiger partial charge in [0.2, 0.25) is 0 Å². The van der Waals surface area contributed by atoms with E-state index in [9.17, 15) is 13.2 Å². The molecule has 0 spiro atoms. The van der Waals surface area contributed by atoms with Gasteiger partial charge in [0.1, 0.15) is 0 Å². The van der Waals surface area contributed by atoms with Gasteiger partial charge in [-0.05, 0) is 55.2 Å². The highest BCUT2D eigenvalue weighted by molar-refractivity contribution is 5.91. The summed E-state index contributed by atoms with van der Waals surface area (Å²) in [6.45, 7) is 5.09. The second kappa shape index (κ2) is 7.06. The fourth-order valence-electron chi connectivity index (χ4n) is 4.08. The van der Waals surface area contributed by atoms with Gasteiger partial charge in [-0.25, -0.2) is 4.68 Å². The van der Waals surface area contributed by atoms with Crippen LogP contribution < -0.4 is 4.90 Å². The van der Waals surface area contributed by atoms with Crippen LogP contribution in [0.2, 0.25) is 0 Å². The van der Waals surface area contributed by atoms with Crippen LogP contribution in [0.25, 0.3) is 16.6 Å². The molecule has 3 aromatic rings. The Morgan fingerprint density at radius 1 is 0.897 bits per heavy atom. The first-order chi connectivity index (χ1) is 14.0. The molecule has 2 aromatic carbocycles. The van der Waals surface area contributed by atoms with Crippen molar-refractivity contribution in [3.63, 3.8) is 0 Å². The average molecular weight is 400 g/mol. The number of fused-ring (bicyclic) bond motifs is 1. The molecule has 2 heterocycles. The summed E-state index contributed by atoms with van der Waals surface area (Å²) in [5.74, 6) is 1.80. The van der Waals surface area contributed by atoms with E-state index in [0.29, 0.717) is 5.69 Å². The smallest absolute Gasteiger partial charge is 0.352 e. The van der Waals surface area contributed by atoms with Crippen molar-refractivity contribution in [2.45, 2.75) is 19.0 Å². The molecule has 1 aliphatic carbocycles. The van der Waals surface area contributed by atoms with Crippen LogP contribution in [0.4, 0.5) is 19.0 Å². The number of benzene rings is 2. The summed E-state index contributed by atoms with van der Waals surface area (Å²) in [5, 5.41) is 5.85. The molecule has 0 amide bonds. The van der Waals surface area contributed by atoms with Crippen molar-refractivity contribution in [2.24, 2.45) is 5.92 Å². The third-order valence-corrected chi connectivity index (χ3v) is 5.89. The van der Waals surface area contributed by atoms with Crippen molar-refractivity contribution in [2.75, 3.05) is 37.6 Å². The first-order valence-electron chi connectivity index (χ1n) is 10.1. The number of halogens is 3. The predicted molar refractivity (Wildman–Crippen MR) is 107 cm³/mol. The van der Waals surface area contributed by atoms with E-state index in [-0.39, 0.29) is 0 Å². The van der Waals surface area contributed by atoms with Crippen molar-refractivity contribution < 1.29 is 13.2 Å².